The van der Waals surface area contributed by atoms with Crippen molar-refractivity contribution in [2.75, 3.05) is 19.6 Å². The van der Waals surface area contributed by atoms with E-state index in [4.69, 9.17) is 10.3 Å². The van der Waals surface area contributed by atoms with Gasteiger partial charge < -0.3 is 10.6 Å². The highest BCUT2D eigenvalue weighted by molar-refractivity contribution is 5.80. The van der Waals surface area contributed by atoms with Crippen molar-refractivity contribution in [2.45, 2.75) is 45.8 Å². The Bertz CT molecular complexity index is 842. The molecule has 1 saturated heterocycles. The largest absolute Gasteiger partial charge is 0.357 e. The average molecular weight is 390 g/mol. The number of aryl methyl sites for hydroxylation is 1. The average Bonchev–Trinajstić information content (AvgIpc) is 2.75. The van der Waals surface area contributed by atoms with Crippen LogP contribution in [-0.2, 0) is 13.1 Å². The van der Waals surface area contributed by atoms with E-state index in [1.165, 1.54) is 11.1 Å². The van der Waals surface area contributed by atoms with Crippen molar-refractivity contribution in [3.8, 4) is 6.07 Å². The summed E-state index contributed by atoms with van der Waals surface area (Å²) in [4.78, 5) is 7.27. The summed E-state index contributed by atoms with van der Waals surface area (Å²) in [6.07, 6.45) is 2.24. The first-order chi connectivity index (χ1) is 14.2. The Hall–Kier alpha value is -2.84. The van der Waals surface area contributed by atoms with Gasteiger partial charge in [-0.1, -0.05) is 36.4 Å². The third-order valence-corrected chi connectivity index (χ3v) is 5.43. The summed E-state index contributed by atoms with van der Waals surface area (Å²) >= 11 is 0. The molecule has 1 heterocycles. The molecule has 0 saturated carbocycles. The molecule has 0 amide bonds. The first-order valence-electron chi connectivity index (χ1n) is 10.5. The van der Waals surface area contributed by atoms with Crippen LogP contribution in [0.25, 0.3) is 0 Å². The minimum atomic E-state index is 0.446. The standard InChI is InChI=1S/C24H31N5/c1-3-26-24(27-17-21-10-8-20(16-25)9-11-21)28-23-12-14-29(15-13-23)18-22-7-5-4-6-19(22)2/h4-11,23H,3,12-15,17-18H2,1-2H3,(H2,26,27,28). The van der Waals surface area contributed by atoms with Crippen molar-refractivity contribution in [1.29, 1.82) is 5.26 Å². The number of benzene rings is 2. The van der Waals surface area contributed by atoms with Gasteiger partial charge in [0, 0.05) is 32.2 Å². The minimum absolute atomic E-state index is 0.446. The number of aliphatic imine (C=N–C) groups is 1. The van der Waals surface area contributed by atoms with Gasteiger partial charge in [0.15, 0.2) is 5.96 Å². The monoisotopic (exact) mass is 389 g/mol. The molecule has 2 aromatic rings. The third-order valence-electron chi connectivity index (χ3n) is 5.43. The van der Waals surface area contributed by atoms with Gasteiger partial charge in [-0.15, -0.1) is 0 Å². The van der Waals surface area contributed by atoms with E-state index in [0.29, 0.717) is 18.2 Å². The molecule has 0 aliphatic carbocycles. The van der Waals surface area contributed by atoms with E-state index in [0.717, 1.165) is 50.5 Å². The normalized spacial score (nSPS) is 15.7. The lowest BCUT2D eigenvalue weighted by Crippen LogP contribution is -2.48. The predicted molar refractivity (Wildman–Crippen MR) is 119 cm³/mol. The Morgan fingerprint density at radius 1 is 1.14 bits per heavy atom. The number of nitriles is 1. The zero-order chi connectivity index (χ0) is 20.5. The van der Waals surface area contributed by atoms with E-state index in [1.807, 2.05) is 24.3 Å². The molecule has 1 aliphatic rings. The Labute approximate surface area is 174 Å². The maximum Gasteiger partial charge on any atom is 0.191 e. The zero-order valence-electron chi connectivity index (χ0n) is 17.5. The number of hydrogen-bond acceptors (Lipinski definition) is 3. The molecular formula is C24H31N5. The van der Waals surface area contributed by atoms with Crippen LogP contribution in [0.2, 0.25) is 0 Å². The van der Waals surface area contributed by atoms with Gasteiger partial charge in [-0.25, -0.2) is 4.99 Å². The van der Waals surface area contributed by atoms with Crippen LogP contribution in [0.4, 0.5) is 0 Å². The van der Waals surface area contributed by atoms with Gasteiger partial charge in [0.1, 0.15) is 0 Å². The molecule has 5 heteroatoms. The molecule has 0 spiro atoms. The van der Waals surface area contributed by atoms with Crippen LogP contribution in [0.15, 0.2) is 53.5 Å². The molecule has 0 radical (unpaired) electrons. The zero-order valence-corrected chi connectivity index (χ0v) is 17.5. The van der Waals surface area contributed by atoms with Crippen molar-refractivity contribution in [1.82, 2.24) is 15.5 Å². The van der Waals surface area contributed by atoms with Gasteiger partial charge in [0.2, 0.25) is 0 Å². The number of guanidine groups is 1. The van der Waals surface area contributed by atoms with Gasteiger partial charge in [-0.2, -0.15) is 5.26 Å². The highest BCUT2D eigenvalue weighted by atomic mass is 15.2. The second-order valence-electron chi connectivity index (χ2n) is 7.63. The Kier molecular flexibility index (Phi) is 7.66. The first-order valence-corrected chi connectivity index (χ1v) is 10.5. The van der Waals surface area contributed by atoms with Crippen molar-refractivity contribution >= 4 is 5.96 Å². The van der Waals surface area contributed by atoms with Gasteiger partial charge in [0.05, 0.1) is 18.2 Å². The maximum absolute atomic E-state index is 8.91. The van der Waals surface area contributed by atoms with E-state index in [2.05, 4.69) is 59.7 Å². The van der Waals surface area contributed by atoms with E-state index in [9.17, 15) is 0 Å². The van der Waals surface area contributed by atoms with E-state index < -0.39 is 0 Å². The van der Waals surface area contributed by atoms with Crippen molar-refractivity contribution in [3.05, 3.63) is 70.8 Å². The van der Waals surface area contributed by atoms with Gasteiger partial charge in [0.25, 0.3) is 0 Å². The summed E-state index contributed by atoms with van der Waals surface area (Å²) in [5.41, 5.74) is 4.59. The van der Waals surface area contributed by atoms with Crippen LogP contribution in [0.5, 0.6) is 0 Å². The number of nitrogens with zero attached hydrogens (tertiary/aromatic N) is 3. The van der Waals surface area contributed by atoms with Crippen LogP contribution in [0.3, 0.4) is 0 Å². The molecule has 0 atom stereocenters. The van der Waals surface area contributed by atoms with E-state index in [-0.39, 0.29) is 0 Å². The second-order valence-corrected chi connectivity index (χ2v) is 7.63. The Morgan fingerprint density at radius 3 is 2.52 bits per heavy atom. The third kappa shape index (κ3) is 6.33. The summed E-state index contributed by atoms with van der Waals surface area (Å²) in [6, 6.07) is 18.9. The molecule has 152 valence electrons. The number of nitrogens with one attached hydrogen (secondary N) is 2. The van der Waals surface area contributed by atoms with Gasteiger partial charge in [-0.3, -0.25) is 4.90 Å². The fourth-order valence-corrected chi connectivity index (χ4v) is 3.63. The molecule has 1 fully saturated rings. The fraction of sp³-hybridized carbons (Fsp3) is 0.417. The summed E-state index contributed by atoms with van der Waals surface area (Å²) in [5.74, 6) is 0.870. The molecule has 29 heavy (non-hydrogen) atoms. The lowest BCUT2D eigenvalue weighted by atomic mass is 10.0. The van der Waals surface area contributed by atoms with Crippen molar-refractivity contribution in [2.24, 2.45) is 4.99 Å². The smallest absolute Gasteiger partial charge is 0.191 e. The predicted octanol–water partition coefficient (Wildman–Crippen LogP) is 3.59. The maximum atomic E-state index is 8.91. The van der Waals surface area contributed by atoms with Crippen LogP contribution in [0, 0.1) is 18.3 Å². The first kappa shape index (κ1) is 20.9. The fourth-order valence-electron chi connectivity index (χ4n) is 3.63. The molecule has 2 aromatic carbocycles. The van der Waals surface area contributed by atoms with E-state index >= 15 is 0 Å². The summed E-state index contributed by atoms with van der Waals surface area (Å²) < 4.78 is 0. The Balaban J connectivity index is 1.50. The lowest BCUT2D eigenvalue weighted by Gasteiger charge is -2.33. The van der Waals surface area contributed by atoms with Gasteiger partial charge >= 0.3 is 0 Å². The minimum Gasteiger partial charge on any atom is -0.357 e. The van der Waals surface area contributed by atoms with Crippen molar-refractivity contribution in [3.63, 3.8) is 0 Å². The van der Waals surface area contributed by atoms with Crippen LogP contribution < -0.4 is 10.6 Å². The summed E-state index contributed by atoms with van der Waals surface area (Å²) in [5, 5.41) is 15.9. The molecule has 3 rings (SSSR count). The Morgan fingerprint density at radius 2 is 1.86 bits per heavy atom. The van der Waals surface area contributed by atoms with Crippen molar-refractivity contribution < 1.29 is 0 Å². The molecule has 2 N–H and O–H groups in total. The molecule has 0 aromatic heterocycles. The topological polar surface area (TPSA) is 63.5 Å². The van der Waals surface area contributed by atoms with E-state index in [1.54, 1.807) is 0 Å². The molecule has 0 bridgehead atoms. The van der Waals surface area contributed by atoms with Crippen LogP contribution in [-0.4, -0.2) is 36.5 Å². The molecular weight excluding hydrogens is 358 g/mol. The highest BCUT2D eigenvalue weighted by Gasteiger charge is 2.20. The second kappa shape index (κ2) is 10.6. The number of rotatable bonds is 6. The van der Waals surface area contributed by atoms with Crippen LogP contribution >= 0.6 is 0 Å². The number of likely N-dealkylation sites (tertiary alicyclic amines) is 1. The van der Waals surface area contributed by atoms with Crippen LogP contribution in [0.1, 0.15) is 42.0 Å². The quantitative estimate of drug-likeness (QED) is 0.585. The molecule has 5 nitrogen and oxygen atoms in total. The summed E-state index contributed by atoms with van der Waals surface area (Å²) in [6.45, 7) is 8.95. The van der Waals surface area contributed by atoms with Gasteiger partial charge in [-0.05, 0) is 55.5 Å². The number of piperidine rings is 1. The molecule has 1 aliphatic heterocycles. The highest BCUT2D eigenvalue weighted by Crippen LogP contribution is 2.16. The number of hydrogen-bond donors (Lipinski definition) is 2. The molecule has 0 unspecified atom stereocenters. The summed E-state index contributed by atoms with van der Waals surface area (Å²) in [7, 11) is 0. The SMILES string of the molecule is CCNC(=NCc1ccc(C#N)cc1)NC1CCN(Cc2ccccc2C)CC1. The lowest BCUT2D eigenvalue weighted by molar-refractivity contribution is 0.198.